The van der Waals surface area contributed by atoms with Gasteiger partial charge in [-0.25, -0.2) is 0 Å². The smallest absolute Gasteiger partial charge is 0.197 e. The van der Waals surface area contributed by atoms with Gasteiger partial charge in [-0.15, -0.1) is 11.3 Å². The van der Waals surface area contributed by atoms with E-state index in [1.54, 1.807) is 0 Å². The SMILES string of the molecule is CC(C)(C)c1ccc(Nc2cc3oc4cc5c(cc4c3cc2-c2ccc3c4c6c(ccc4n4c3c2[B]c2cc3sc7ccccc7c3cc2-4)C(C)(C)c2ccccc2-6)C(C)(C)CCC5(C)C)cc1. The lowest BCUT2D eigenvalue weighted by Crippen LogP contribution is -2.37. The largest absolute Gasteiger partial charge is 0.456 e. The maximum Gasteiger partial charge on any atom is 0.197 e. The van der Waals surface area contributed by atoms with Crippen LogP contribution in [0.2, 0.25) is 0 Å². The number of rotatable bonds is 3. The number of nitrogens with zero attached hydrogens (tertiary/aromatic N) is 1. The van der Waals surface area contributed by atoms with Gasteiger partial charge in [0.05, 0.1) is 11.2 Å². The molecule has 11 aromatic rings. The molecule has 3 nitrogen and oxygen atoms in total. The molecule has 68 heavy (non-hydrogen) atoms. The summed E-state index contributed by atoms with van der Waals surface area (Å²) in [5, 5.41) is 11.6. The van der Waals surface area contributed by atoms with Crippen molar-refractivity contribution in [2.45, 2.75) is 96.8 Å². The van der Waals surface area contributed by atoms with Gasteiger partial charge in [-0.05, 0) is 134 Å². The van der Waals surface area contributed by atoms with Crippen molar-refractivity contribution >= 4 is 105 Å². The third-order valence-corrected chi connectivity index (χ3v) is 17.8. The first kappa shape index (κ1) is 40.5. The summed E-state index contributed by atoms with van der Waals surface area (Å²) in [4.78, 5) is 0. The molecule has 0 atom stereocenters. The van der Waals surface area contributed by atoms with Crippen LogP contribution in [-0.2, 0) is 21.7 Å². The maximum absolute atomic E-state index is 6.96. The van der Waals surface area contributed by atoms with Crippen LogP contribution in [0.25, 0.3) is 91.9 Å². The summed E-state index contributed by atoms with van der Waals surface area (Å²) in [7, 11) is 2.49. The Balaban J connectivity index is 1.08. The van der Waals surface area contributed by atoms with E-state index < -0.39 is 0 Å². The van der Waals surface area contributed by atoms with Gasteiger partial charge in [0.2, 0.25) is 0 Å². The van der Waals surface area contributed by atoms with Crippen molar-refractivity contribution in [1.29, 1.82) is 0 Å². The van der Waals surface area contributed by atoms with Crippen molar-refractivity contribution in [3.63, 3.8) is 0 Å². The Morgan fingerprint density at radius 3 is 2.10 bits per heavy atom. The predicted octanol–water partition coefficient (Wildman–Crippen LogP) is 16.4. The molecule has 1 aliphatic heterocycles. The highest BCUT2D eigenvalue weighted by molar-refractivity contribution is 7.26. The van der Waals surface area contributed by atoms with E-state index in [-0.39, 0.29) is 21.7 Å². The highest BCUT2D eigenvalue weighted by atomic mass is 32.1. The third-order valence-electron chi connectivity index (χ3n) is 16.6. The first-order valence-corrected chi connectivity index (χ1v) is 25.3. The Morgan fingerprint density at radius 2 is 1.31 bits per heavy atom. The minimum absolute atomic E-state index is 0.0567. The zero-order valence-electron chi connectivity index (χ0n) is 40.5. The molecule has 0 unspecified atom stereocenters. The van der Waals surface area contributed by atoms with Crippen LogP contribution in [0.15, 0.2) is 138 Å². The second-order valence-corrected chi connectivity index (χ2v) is 24.2. The highest BCUT2D eigenvalue weighted by Crippen LogP contribution is 2.54. The quantitative estimate of drug-likeness (QED) is 0.179. The molecule has 4 heterocycles. The summed E-state index contributed by atoms with van der Waals surface area (Å²) < 4.78 is 12.2. The lowest BCUT2D eigenvalue weighted by molar-refractivity contribution is 0.332. The number of fused-ring (bicyclic) bond motifs is 16. The first-order chi connectivity index (χ1) is 32.5. The zero-order chi connectivity index (χ0) is 46.4. The van der Waals surface area contributed by atoms with E-state index in [4.69, 9.17) is 4.42 Å². The van der Waals surface area contributed by atoms with E-state index in [0.717, 1.165) is 46.3 Å². The number of thiophene rings is 1. The summed E-state index contributed by atoms with van der Waals surface area (Å²) in [6.45, 7) is 21.2. The van der Waals surface area contributed by atoms with Crippen LogP contribution in [-0.4, -0.2) is 11.8 Å². The molecule has 0 saturated heterocycles. The summed E-state index contributed by atoms with van der Waals surface area (Å²) in [6, 6.07) is 51.1. The minimum Gasteiger partial charge on any atom is -0.456 e. The molecule has 0 fully saturated rings. The number of hydrogen-bond donors (Lipinski definition) is 1. The highest BCUT2D eigenvalue weighted by Gasteiger charge is 2.40. The van der Waals surface area contributed by atoms with Crippen molar-refractivity contribution in [3.8, 4) is 27.9 Å². The normalized spacial score (nSPS) is 16.4. The predicted molar refractivity (Wildman–Crippen MR) is 293 cm³/mol. The Kier molecular flexibility index (Phi) is 7.96. The van der Waals surface area contributed by atoms with Crippen molar-refractivity contribution in [2.24, 2.45) is 0 Å². The molecule has 3 aliphatic rings. The Labute approximate surface area is 403 Å². The van der Waals surface area contributed by atoms with Crippen LogP contribution in [0.4, 0.5) is 11.4 Å². The van der Waals surface area contributed by atoms with Gasteiger partial charge in [0.15, 0.2) is 7.28 Å². The Hall–Kier alpha value is -6.56. The second kappa shape index (κ2) is 13.4. The molecular formula is C63H54BN2OS. The van der Waals surface area contributed by atoms with Gasteiger partial charge in [0, 0.05) is 75.7 Å². The summed E-state index contributed by atoms with van der Waals surface area (Å²) in [5.74, 6) is 0. The first-order valence-electron chi connectivity index (χ1n) is 24.5. The lowest BCUT2D eigenvalue weighted by Gasteiger charge is -2.41. The zero-order valence-corrected chi connectivity index (χ0v) is 41.3. The van der Waals surface area contributed by atoms with Crippen molar-refractivity contribution in [1.82, 2.24) is 4.57 Å². The molecule has 0 bridgehead atoms. The van der Waals surface area contributed by atoms with Gasteiger partial charge < -0.3 is 14.3 Å². The van der Waals surface area contributed by atoms with E-state index in [9.17, 15) is 0 Å². The summed E-state index contributed by atoms with van der Waals surface area (Å²) in [6.07, 6.45) is 2.32. The molecule has 2 aliphatic carbocycles. The molecule has 0 amide bonds. The van der Waals surface area contributed by atoms with Crippen LogP contribution in [0.1, 0.15) is 103 Å². The van der Waals surface area contributed by atoms with Crippen LogP contribution in [0.5, 0.6) is 0 Å². The van der Waals surface area contributed by atoms with Crippen molar-refractivity contribution in [2.75, 3.05) is 5.32 Å². The average Bonchev–Trinajstić information content (AvgIpc) is 4.03. The summed E-state index contributed by atoms with van der Waals surface area (Å²) >= 11 is 1.89. The monoisotopic (exact) mass is 897 g/mol. The van der Waals surface area contributed by atoms with Gasteiger partial charge in [-0.2, -0.15) is 0 Å². The van der Waals surface area contributed by atoms with Gasteiger partial charge >= 0.3 is 0 Å². The standard InChI is InChI=1S/C63H54BN2OS/c1-60(2,3)34-18-20-35(21-19-34)65-49-33-53-41(42-29-46-47(31-52(42)67-53)62(6,7)27-26-61(46,4)5)28-40(49)37-22-23-39-57-50(25-24-45-56(57)38-15-10-12-16-44(38)63(45,8)9)66-51-30-43-36-14-11-13-17-54(36)68-55(43)32-48(51)64-58(37)59(39)66/h10-25,28-33,65H,26-27H2,1-9H3. The van der Waals surface area contributed by atoms with Crippen molar-refractivity contribution < 1.29 is 4.42 Å². The molecule has 1 radical (unpaired) electrons. The molecule has 14 rings (SSSR count). The molecule has 1 N–H and O–H groups in total. The van der Waals surface area contributed by atoms with E-state index in [2.05, 4.69) is 213 Å². The molecule has 3 aromatic heterocycles. The Morgan fingerprint density at radius 1 is 0.588 bits per heavy atom. The van der Waals surface area contributed by atoms with Crippen molar-refractivity contribution in [3.05, 3.63) is 161 Å². The van der Waals surface area contributed by atoms with Gasteiger partial charge in [-0.1, -0.05) is 141 Å². The number of nitrogens with one attached hydrogen (secondary N) is 1. The van der Waals surface area contributed by atoms with E-state index in [0.29, 0.717) is 0 Å². The molecule has 0 saturated carbocycles. The topological polar surface area (TPSA) is 30.1 Å². The maximum atomic E-state index is 6.96. The lowest BCUT2D eigenvalue weighted by atomic mass is 9.59. The fraction of sp³-hybridized carbons (Fsp3) is 0.238. The average molecular weight is 898 g/mol. The molecule has 0 spiro atoms. The number of anilines is 2. The van der Waals surface area contributed by atoms with E-state index in [1.165, 1.54) is 108 Å². The van der Waals surface area contributed by atoms with Crippen LogP contribution in [0, 0.1) is 0 Å². The fourth-order valence-corrected chi connectivity index (χ4v) is 13.8. The number of furan rings is 1. The molecule has 331 valence electrons. The molecule has 5 heteroatoms. The van der Waals surface area contributed by atoms with Gasteiger partial charge in [0.25, 0.3) is 0 Å². The van der Waals surface area contributed by atoms with Crippen LogP contribution >= 0.6 is 11.3 Å². The molecule has 8 aromatic carbocycles. The van der Waals surface area contributed by atoms with E-state index in [1.807, 2.05) is 11.3 Å². The number of hydrogen-bond acceptors (Lipinski definition) is 3. The molecular weight excluding hydrogens is 844 g/mol. The fourth-order valence-electron chi connectivity index (χ4n) is 12.7. The third kappa shape index (κ3) is 5.48. The number of aromatic nitrogens is 1. The van der Waals surface area contributed by atoms with E-state index >= 15 is 0 Å². The summed E-state index contributed by atoms with van der Waals surface area (Å²) in [5.41, 5.74) is 22.3. The van der Waals surface area contributed by atoms with Crippen LogP contribution < -0.4 is 16.2 Å². The van der Waals surface area contributed by atoms with Gasteiger partial charge in [-0.3, -0.25) is 0 Å². The Bertz CT molecular complexity index is 4030. The second-order valence-electron chi connectivity index (χ2n) is 23.1. The number of benzene rings is 8. The van der Waals surface area contributed by atoms with Gasteiger partial charge in [0.1, 0.15) is 11.2 Å². The van der Waals surface area contributed by atoms with Crippen LogP contribution in [0.3, 0.4) is 0 Å². The minimum atomic E-state index is -0.109.